The first-order valence-electron chi connectivity index (χ1n) is 11.2. The first-order chi connectivity index (χ1) is 16.3. The van der Waals surface area contributed by atoms with Gasteiger partial charge in [-0.25, -0.2) is 8.42 Å². The molecule has 1 aliphatic heterocycles. The van der Waals surface area contributed by atoms with Gasteiger partial charge in [0.2, 0.25) is 10.0 Å². The molecule has 1 saturated heterocycles. The number of ketones is 1. The molecule has 0 bridgehead atoms. The van der Waals surface area contributed by atoms with Crippen LogP contribution in [0.3, 0.4) is 0 Å². The fourth-order valence-electron chi connectivity index (χ4n) is 4.14. The Labute approximate surface area is 206 Å². The van der Waals surface area contributed by atoms with Crippen molar-refractivity contribution < 1.29 is 13.2 Å². The molecule has 3 aromatic rings. The van der Waals surface area contributed by atoms with E-state index in [1.54, 1.807) is 36.4 Å². The fourth-order valence-corrected chi connectivity index (χ4v) is 5.72. The molecule has 1 fully saturated rings. The third kappa shape index (κ3) is 5.18. The Bertz CT molecular complexity index is 1270. The van der Waals surface area contributed by atoms with Crippen molar-refractivity contribution in [3.8, 4) is 11.1 Å². The van der Waals surface area contributed by atoms with Gasteiger partial charge in [-0.15, -0.1) is 0 Å². The number of rotatable bonds is 7. The van der Waals surface area contributed by atoms with E-state index in [2.05, 4.69) is 4.90 Å². The molecule has 4 rings (SSSR count). The van der Waals surface area contributed by atoms with Gasteiger partial charge >= 0.3 is 0 Å². The lowest BCUT2D eigenvalue weighted by atomic mass is 9.93. The summed E-state index contributed by atoms with van der Waals surface area (Å²) in [5, 5.41) is 0.410. The van der Waals surface area contributed by atoms with E-state index in [1.165, 1.54) is 4.31 Å². The van der Waals surface area contributed by atoms with Crippen LogP contribution in [0.2, 0.25) is 5.02 Å². The van der Waals surface area contributed by atoms with Gasteiger partial charge in [-0.05, 0) is 48.9 Å². The van der Waals surface area contributed by atoms with Crippen LogP contribution in [-0.2, 0) is 16.4 Å². The Kier molecular flexibility index (Phi) is 7.38. The van der Waals surface area contributed by atoms with E-state index in [-0.39, 0.29) is 17.1 Å². The zero-order valence-corrected chi connectivity index (χ0v) is 20.6. The molecule has 0 aromatic heterocycles. The van der Waals surface area contributed by atoms with Crippen LogP contribution in [0.25, 0.3) is 11.1 Å². The second-order valence-electron chi connectivity index (χ2n) is 8.52. The molecule has 0 radical (unpaired) electrons. The molecular formula is C26H28ClN3O3S. The highest BCUT2D eigenvalue weighted by Gasteiger charge is 2.27. The number of likely N-dealkylation sites (N-methyl/N-ethyl adjacent to an activating group) is 1. The number of nitrogens with two attached hydrogens (primary N) is 1. The van der Waals surface area contributed by atoms with Gasteiger partial charge in [-0.3, -0.25) is 4.79 Å². The van der Waals surface area contributed by atoms with Crippen molar-refractivity contribution in [2.24, 2.45) is 0 Å². The van der Waals surface area contributed by atoms with Gasteiger partial charge in [-0.2, -0.15) is 4.31 Å². The number of halogens is 1. The van der Waals surface area contributed by atoms with Crippen molar-refractivity contribution >= 4 is 33.1 Å². The minimum absolute atomic E-state index is 0.0450. The lowest BCUT2D eigenvalue weighted by molar-refractivity contribution is 0.0983. The number of nitrogen functional groups attached to an aromatic ring is 1. The average Bonchev–Trinajstić information content (AvgIpc) is 2.85. The summed E-state index contributed by atoms with van der Waals surface area (Å²) in [7, 11) is -1.52. The second kappa shape index (κ2) is 10.3. The normalized spacial score (nSPS) is 15.4. The zero-order chi connectivity index (χ0) is 24.3. The lowest BCUT2D eigenvalue weighted by Crippen LogP contribution is -2.46. The summed E-state index contributed by atoms with van der Waals surface area (Å²) >= 11 is 6.24. The van der Waals surface area contributed by atoms with Crippen LogP contribution in [-0.4, -0.2) is 56.6 Å². The molecule has 1 aliphatic rings. The van der Waals surface area contributed by atoms with E-state index in [1.807, 2.05) is 37.4 Å². The summed E-state index contributed by atoms with van der Waals surface area (Å²) in [5.74, 6) is -0.0450. The van der Waals surface area contributed by atoms with Gasteiger partial charge in [0.05, 0.1) is 15.6 Å². The number of anilines is 1. The molecular weight excluding hydrogens is 470 g/mol. The molecule has 0 aliphatic carbocycles. The number of hydrogen-bond acceptors (Lipinski definition) is 5. The smallest absolute Gasteiger partial charge is 0.243 e. The minimum atomic E-state index is -3.51. The van der Waals surface area contributed by atoms with Gasteiger partial charge < -0.3 is 10.6 Å². The largest absolute Gasteiger partial charge is 0.397 e. The van der Waals surface area contributed by atoms with Crippen LogP contribution in [0.1, 0.15) is 22.3 Å². The first kappa shape index (κ1) is 24.4. The lowest BCUT2D eigenvalue weighted by Gasteiger charge is -2.31. The Morgan fingerprint density at radius 1 is 0.941 bits per heavy atom. The number of nitrogens with zero attached hydrogens (tertiary/aromatic N) is 2. The van der Waals surface area contributed by atoms with Gasteiger partial charge in [0.25, 0.3) is 0 Å². The van der Waals surface area contributed by atoms with E-state index in [4.69, 9.17) is 17.3 Å². The number of sulfonamides is 1. The van der Waals surface area contributed by atoms with Crippen molar-refractivity contribution in [1.29, 1.82) is 0 Å². The van der Waals surface area contributed by atoms with Gasteiger partial charge in [0.1, 0.15) is 0 Å². The molecule has 0 unspecified atom stereocenters. The van der Waals surface area contributed by atoms with E-state index in [0.29, 0.717) is 41.3 Å². The number of piperazine rings is 1. The monoisotopic (exact) mass is 497 g/mol. The van der Waals surface area contributed by atoms with E-state index < -0.39 is 10.0 Å². The maximum atomic E-state index is 13.1. The van der Waals surface area contributed by atoms with Gasteiger partial charge in [0.15, 0.2) is 5.78 Å². The summed E-state index contributed by atoms with van der Waals surface area (Å²) in [6, 6.07) is 19.7. The number of aryl methyl sites for hydroxylation is 1. The predicted molar refractivity (Wildman–Crippen MR) is 137 cm³/mol. The van der Waals surface area contributed by atoms with Crippen molar-refractivity contribution in [3.63, 3.8) is 0 Å². The summed E-state index contributed by atoms with van der Waals surface area (Å²) in [4.78, 5) is 15.5. The molecule has 0 amide bonds. The number of benzene rings is 3. The van der Waals surface area contributed by atoms with E-state index in [9.17, 15) is 13.2 Å². The van der Waals surface area contributed by atoms with Crippen molar-refractivity contribution in [1.82, 2.24) is 9.21 Å². The molecule has 1 heterocycles. The quantitative estimate of drug-likeness (QED) is 0.388. The maximum absolute atomic E-state index is 13.1. The standard InChI is InChI=1S/C26H28ClN3O3S/c1-29-15-17-30(18-16-29)34(32,33)21-10-7-19(8-11-21)9-14-24(31)22-12-13-23(27)26(28)25(22)20-5-3-2-4-6-20/h2-8,10-13H,9,14-18,28H2,1H3. The van der Waals surface area contributed by atoms with Crippen LogP contribution < -0.4 is 5.73 Å². The van der Waals surface area contributed by atoms with Crippen LogP contribution in [0.5, 0.6) is 0 Å². The highest BCUT2D eigenvalue weighted by atomic mass is 35.5. The fraction of sp³-hybridized carbons (Fsp3) is 0.269. The summed E-state index contributed by atoms with van der Waals surface area (Å²) in [5.41, 5.74) is 9.54. The number of carbonyl (C=O) groups excluding carboxylic acids is 1. The Hall–Kier alpha value is -2.71. The van der Waals surface area contributed by atoms with E-state index >= 15 is 0 Å². The summed E-state index contributed by atoms with van der Waals surface area (Å²) < 4.78 is 27.4. The van der Waals surface area contributed by atoms with Gasteiger partial charge in [-0.1, -0.05) is 54.1 Å². The second-order valence-corrected chi connectivity index (χ2v) is 10.9. The maximum Gasteiger partial charge on any atom is 0.243 e. The molecule has 0 saturated carbocycles. The summed E-state index contributed by atoms with van der Waals surface area (Å²) in [6.45, 7) is 2.42. The topological polar surface area (TPSA) is 83.7 Å². The molecule has 0 atom stereocenters. The molecule has 34 heavy (non-hydrogen) atoms. The Morgan fingerprint density at radius 3 is 2.24 bits per heavy atom. The predicted octanol–water partition coefficient (Wildman–Crippen LogP) is 4.34. The third-order valence-electron chi connectivity index (χ3n) is 6.22. The number of carbonyl (C=O) groups is 1. The molecule has 2 N–H and O–H groups in total. The number of hydrogen-bond donors (Lipinski definition) is 1. The highest BCUT2D eigenvalue weighted by molar-refractivity contribution is 7.89. The SMILES string of the molecule is CN1CCN(S(=O)(=O)c2ccc(CCC(=O)c3ccc(Cl)c(N)c3-c3ccccc3)cc2)CC1. The van der Waals surface area contributed by atoms with Crippen molar-refractivity contribution in [2.75, 3.05) is 39.0 Å². The van der Waals surface area contributed by atoms with E-state index in [0.717, 1.165) is 24.2 Å². The third-order valence-corrected chi connectivity index (χ3v) is 8.46. The molecule has 178 valence electrons. The van der Waals surface area contributed by atoms with Crippen LogP contribution in [0.15, 0.2) is 71.6 Å². The zero-order valence-electron chi connectivity index (χ0n) is 19.1. The van der Waals surface area contributed by atoms with Crippen molar-refractivity contribution in [2.45, 2.75) is 17.7 Å². The van der Waals surface area contributed by atoms with Crippen LogP contribution >= 0.6 is 11.6 Å². The highest BCUT2D eigenvalue weighted by Crippen LogP contribution is 2.35. The molecule has 6 nitrogen and oxygen atoms in total. The summed E-state index contributed by atoms with van der Waals surface area (Å²) in [6.07, 6.45) is 0.760. The molecule has 3 aromatic carbocycles. The van der Waals surface area contributed by atoms with Crippen molar-refractivity contribution in [3.05, 3.63) is 82.9 Å². The average molecular weight is 498 g/mol. The Morgan fingerprint density at radius 2 is 1.59 bits per heavy atom. The minimum Gasteiger partial charge on any atom is -0.397 e. The molecule has 0 spiro atoms. The Balaban J connectivity index is 1.48. The van der Waals surface area contributed by atoms with Gasteiger partial charge in [0, 0.05) is 43.7 Å². The first-order valence-corrected chi connectivity index (χ1v) is 13.0. The van der Waals surface area contributed by atoms with Crippen LogP contribution in [0.4, 0.5) is 5.69 Å². The van der Waals surface area contributed by atoms with Crippen LogP contribution in [0, 0.1) is 0 Å². The molecule has 8 heteroatoms. The number of Topliss-reactive ketones (excluding diaryl/α,β-unsaturated/α-hetero) is 1.